The number of hydrogen-bond donors (Lipinski definition) is 1. The lowest BCUT2D eigenvalue weighted by Crippen LogP contribution is -2.24. The van der Waals surface area contributed by atoms with E-state index in [2.05, 4.69) is 32.2 Å². The topological polar surface area (TPSA) is 12.0 Å². The minimum atomic E-state index is 0.327. The Kier molecular flexibility index (Phi) is 5.13. The van der Waals surface area contributed by atoms with E-state index in [-0.39, 0.29) is 0 Å². The Morgan fingerprint density at radius 2 is 1.93 bits per heavy atom. The fourth-order valence-corrected chi connectivity index (χ4v) is 1.76. The van der Waals surface area contributed by atoms with Crippen molar-refractivity contribution in [3.05, 3.63) is 34.9 Å². The second-order valence-corrected chi connectivity index (χ2v) is 4.57. The molecule has 0 radical (unpaired) electrons. The van der Waals surface area contributed by atoms with Crippen LogP contribution in [-0.2, 0) is 0 Å². The molecule has 1 unspecified atom stereocenters. The Morgan fingerprint density at radius 3 is 2.53 bits per heavy atom. The normalized spacial score (nSPS) is 14.9. The zero-order chi connectivity index (χ0) is 11.3. The van der Waals surface area contributed by atoms with E-state index in [1.807, 2.05) is 18.2 Å². The van der Waals surface area contributed by atoms with Gasteiger partial charge in [0.2, 0.25) is 0 Å². The quantitative estimate of drug-likeness (QED) is 0.798. The monoisotopic (exact) mass is 225 g/mol. The number of rotatable bonds is 5. The van der Waals surface area contributed by atoms with Crippen LogP contribution in [0.1, 0.15) is 38.8 Å². The van der Waals surface area contributed by atoms with Gasteiger partial charge in [0.15, 0.2) is 0 Å². The molecule has 0 aliphatic carbocycles. The van der Waals surface area contributed by atoms with Gasteiger partial charge in [-0.15, -0.1) is 0 Å². The van der Waals surface area contributed by atoms with Crippen molar-refractivity contribution >= 4 is 11.6 Å². The van der Waals surface area contributed by atoms with Crippen LogP contribution in [0.15, 0.2) is 24.3 Å². The highest BCUT2D eigenvalue weighted by molar-refractivity contribution is 6.31. The average Bonchev–Trinajstić information content (AvgIpc) is 2.26. The van der Waals surface area contributed by atoms with Crippen LogP contribution >= 0.6 is 11.6 Å². The van der Waals surface area contributed by atoms with Crippen LogP contribution in [0.5, 0.6) is 0 Å². The Morgan fingerprint density at radius 1 is 1.27 bits per heavy atom. The maximum atomic E-state index is 6.13. The predicted molar refractivity (Wildman–Crippen MR) is 67.3 cm³/mol. The van der Waals surface area contributed by atoms with Crippen molar-refractivity contribution < 1.29 is 0 Å². The third kappa shape index (κ3) is 3.84. The summed E-state index contributed by atoms with van der Waals surface area (Å²) >= 11 is 6.13. The fraction of sp³-hybridized carbons (Fsp3) is 0.538. The Balaban J connectivity index is 2.54. The van der Waals surface area contributed by atoms with Gasteiger partial charge in [0.05, 0.1) is 0 Å². The first-order valence-corrected chi connectivity index (χ1v) is 6.00. The fourth-order valence-electron chi connectivity index (χ4n) is 1.46. The van der Waals surface area contributed by atoms with Crippen LogP contribution in [0, 0.1) is 5.92 Å². The van der Waals surface area contributed by atoms with E-state index in [0.717, 1.165) is 17.5 Å². The van der Waals surface area contributed by atoms with Crippen molar-refractivity contribution in [2.75, 3.05) is 6.54 Å². The van der Waals surface area contributed by atoms with Gasteiger partial charge >= 0.3 is 0 Å². The molecule has 84 valence electrons. The molecule has 1 nitrogen and oxygen atoms in total. The van der Waals surface area contributed by atoms with Crippen molar-refractivity contribution in [3.63, 3.8) is 0 Å². The largest absolute Gasteiger partial charge is 0.310 e. The van der Waals surface area contributed by atoms with Gasteiger partial charge in [-0.05, 0) is 31.0 Å². The smallest absolute Gasteiger partial charge is 0.0453 e. The molecule has 2 atom stereocenters. The van der Waals surface area contributed by atoms with Gasteiger partial charge in [-0.3, -0.25) is 0 Å². The molecule has 1 rings (SSSR count). The van der Waals surface area contributed by atoms with Gasteiger partial charge in [0.25, 0.3) is 0 Å². The van der Waals surface area contributed by atoms with E-state index < -0.39 is 0 Å². The van der Waals surface area contributed by atoms with E-state index in [1.54, 1.807) is 0 Å². The van der Waals surface area contributed by atoms with Crippen LogP contribution in [0.2, 0.25) is 5.02 Å². The number of halogens is 1. The summed E-state index contributed by atoms with van der Waals surface area (Å²) in [6.07, 6.45) is 1.21. The summed E-state index contributed by atoms with van der Waals surface area (Å²) in [5, 5.41) is 4.35. The van der Waals surface area contributed by atoms with Crippen molar-refractivity contribution in [1.82, 2.24) is 5.32 Å². The van der Waals surface area contributed by atoms with E-state index in [9.17, 15) is 0 Å². The molecule has 1 N–H and O–H groups in total. The van der Waals surface area contributed by atoms with Crippen LogP contribution in [0.25, 0.3) is 0 Å². The molecule has 0 aliphatic rings. The highest BCUT2D eigenvalue weighted by Crippen LogP contribution is 2.22. The van der Waals surface area contributed by atoms with Gasteiger partial charge in [-0.1, -0.05) is 50.1 Å². The lowest BCUT2D eigenvalue weighted by atomic mass is 10.1. The predicted octanol–water partition coefficient (Wildman–Crippen LogP) is 4.04. The van der Waals surface area contributed by atoms with Gasteiger partial charge in [-0.2, -0.15) is 0 Å². The molecule has 0 bridgehead atoms. The first-order valence-electron chi connectivity index (χ1n) is 5.63. The number of nitrogens with one attached hydrogen (secondary N) is 1. The molecule has 15 heavy (non-hydrogen) atoms. The summed E-state index contributed by atoms with van der Waals surface area (Å²) in [5.41, 5.74) is 1.18. The molecule has 0 saturated carbocycles. The third-order valence-electron chi connectivity index (χ3n) is 2.84. The van der Waals surface area contributed by atoms with Crippen LogP contribution in [0.4, 0.5) is 0 Å². The van der Waals surface area contributed by atoms with Gasteiger partial charge in [-0.25, -0.2) is 0 Å². The van der Waals surface area contributed by atoms with Crippen molar-refractivity contribution in [2.45, 2.75) is 33.2 Å². The standard InChI is InChI=1S/C13H20ClN/c1-4-10(2)9-15-11(3)12-7-5-6-8-13(12)14/h5-8,10-11,15H,4,9H2,1-3H3/t10?,11-/m1/s1. The molecule has 2 heteroatoms. The van der Waals surface area contributed by atoms with Gasteiger partial charge < -0.3 is 5.32 Å². The zero-order valence-corrected chi connectivity index (χ0v) is 10.5. The molecular formula is C13H20ClN. The molecule has 0 fully saturated rings. The Hall–Kier alpha value is -0.530. The summed E-state index contributed by atoms with van der Waals surface area (Å²) in [6, 6.07) is 8.35. The van der Waals surface area contributed by atoms with E-state index in [1.165, 1.54) is 12.0 Å². The number of benzene rings is 1. The first-order chi connectivity index (χ1) is 7.15. The van der Waals surface area contributed by atoms with Crippen molar-refractivity contribution in [1.29, 1.82) is 0 Å². The summed E-state index contributed by atoms with van der Waals surface area (Å²) in [6.45, 7) is 7.67. The highest BCUT2D eigenvalue weighted by atomic mass is 35.5. The molecule has 0 aliphatic heterocycles. The summed E-state index contributed by atoms with van der Waals surface area (Å²) < 4.78 is 0. The van der Waals surface area contributed by atoms with Crippen molar-refractivity contribution in [2.24, 2.45) is 5.92 Å². The SMILES string of the molecule is CCC(C)CN[C@H](C)c1ccccc1Cl. The minimum Gasteiger partial charge on any atom is -0.310 e. The van der Waals surface area contributed by atoms with Gasteiger partial charge in [0, 0.05) is 11.1 Å². The molecule has 1 aromatic rings. The number of hydrogen-bond acceptors (Lipinski definition) is 1. The Labute approximate surface area is 97.8 Å². The third-order valence-corrected chi connectivity index (χ3v) is 3.19. The van der Waals surface area contributed by atoms with Gasteiger partial charge in [0.1, 0.15) is 0 Å². The zero-order valence-electron chi connectivity index (χ0n) is 9.76. The molecular weight excluding hydrogens is 206 g/mol. The molecule has 0 amide bonds. The molecule has 0 saturated heterocycles. The maximum absolute atomic E-state index is 6.13. The summed E-state index contributed by atoms with van der Waals surface area (Å²) in [4.78, 5) is 0. The summed E-state index contributed by atoms with van der Waals surface area (Å²) in [7, 11) is 0. The lowest BCUT2D eigenvalue weighted by Gasteiger charge is -2.18. The second-order valence-electron chi connectivity index (χ2n) is 4.16. The van der Waals surface area contributed by atoms with Crippen LogP contribution < -0.4 is 5.32 Å². The van der Waals surface area contributed by atoms with Crippen LogP contribution in [-0.4, -0.2) is 6.54 Å². The first kappa shape index (κ1) is 12.5. The molecule has 0 heterocycles. The maximum Gasteiger partial charge on any atom is 0.0453 e. The average molecular weight is 226 g/mol. The molecule has 0 spiro atoms. The lowest BCUT2D eigenvalue weighted by molar-refractivity contribution is 0.461. The van der Waals surface area contributed by atoms with Crippen molar-refractivity contribution in [3.8, 4) is 0 Å². The highest BCUT2D eigenvalue weighted by Gasteiger charge is 2.09. The molecule has 0 aromatic heterocycles. The van der Waals surface area contributed by atoms with E-state index in [4.69, 9.17) is 11.6 Å². The molecule has 1 aromatic carbocycles. The van der Waals surface area contributed by atoms with Crippen LogP contribution in [0.3, 0.4) is 0 Å². The second kappa shape index (κ2) is 6.14. The van der Waals surface area contributed by atoms with E-state index in [0.29, 0.717) is 6.04 Å². The van der Waals surface area contributed by atoms with E-state index >= 15 is 0 Å². The minimum absolute atomic E-state index is 0.327. The summed E-state index contributed by atoms with van der Waals surface area (Å²) in [5.74, 6) is 0.718. The Bertz CT molecular complexity index is 298.